The Hall–Kier alpha value is -1.33. The quantitative estimate of drug-likeness (QED) is 0.806. The summed E-state index contributed by atoms with van der Waals surface area (Å²) in [6.45, 7) is 5.34. The number of benzene rings is 1. The molecule has 0 aliphatic carbocycles. The van der Waals surface area contributed by atoms with Crippen LogP contribution in [0, 0.1) is 5.92 Å². The van der Waals surface area contributed by atoms with Gasteiger partial charge in [-0.05, 0) is 62.4 Å². The number of likely N-dealkylation sites (tertiary alicyclic amines) is 1. The number of nitrogens with zero attached hydrogens (tertiary/aromatic N) is 3. The molecule has 3 rings (SSSR count). The lowest BCUT2D eigenvalue weighted by Crippen LogP contribution is -2.32. The van der Waals surface area contributed by atoms with E-state index in [1.807, 2.05) is 12.1 Å². The first kappa shape index (κ1) is 14.6. The number of aromatic nitrogens is 2. The van der Waals surface area contributed by atoms with Crippen molar-refractivity contribution in [3.63, 3.8) is 0 Å². The van der Waals surface area contributed by atoms with E-state index in [1.165, 1.54) is 17.7 Å². The van der Waals surface area contributed by atoms with Crippen molar-refractivity contribution in [1.29, 1.82) is 0 Å². The van der Waals surface area contributed by atoms with Gasteiger partial charge in [-0.25, -0.2) is 0 Å². The highest BCUT2D eigenvalue weighted by molar-refractivity contribution is 7.98. The minimum atomic E-state index is 0.683. The standard InChI is InChI=1S/C16H21N3OS/c1-12-7-9-19(10-8-12)11-15-17-16(18-20-15)13-3-5-14(21-2)6-4-13/h3-6,12H,7-11H2,1-2H3. The number of hydrogen-bond acceptors (Lipinski definition) is 5. The average molecular weight is 303 g/mol. The Bertz CT molecular complexity index is 573. The van der Waals surface area contributed by atoms with Gasteiger partial charge in [0.2, 0.25) is 11.7 Å². The summed E-state index contributed by atoms with van der Waals surface area (Å²) in [7, 11) is 0. The molecule has 1 aromatic heterocycles. The van der Waals surface area contributed by atoms with E-state index < -0.39 is 0 Å². The average Bonchev–Trinajstić information content (AvgIpc) is 2.98. The Morgan fingerprint density at radius 3 is 2.62 bits per heavy atom. The molecule has 1 saturated heterocycles. The van der Waals surface area contributed by atoms with Crippen molar-refractivity contribution < 1.29 is 4.52 Å². The summed E-state index contributed by atoms with van der Waals surface area (Å²) in [5, 5.41) is 4.10. The van der Waals surface area contributed by atoms with Gasteiger partial charge in [-0.2, -0.15) is 4.98 Å². The second-order valence-corrected chi connectivity index (χ2v) is 6.58. The van der Waals surface area contributed by atoms with Gasteiger partial charge < -0.3 is 4.52 Å². The molecule has 1 aromatic carbocycles. The van der Waals surface area contributed by atoms with Crippen molar-refractivity contribution in [2.45, 2.75) is 31.2 Å². The number of hydrogen-bond donors (Lipinski definition) is 0. The molecule has 4 nitrogen and oxygen atoms in total. The Kier molecular flexibility index (Phi) is 4.60. The van der Waals surface area contributed by atoms with Crippen LogP contribution in [0.25, 0.3) is 11.4 Å². The van der Waals surface area contributed by atoms with Gasteiger partial charge in [0.15, 0.2) is 0 Å². The highest BCUT2D eigenvalue weighted by atomic mass is 32.2. The van der Waals surface area contributed by atoms with Crippen LogP contribution in [-0.2, 0) is 6.54 Å². The Morgan fingerprint density at radius 2 is 1.95 bits per heavy atom. The summed E-state index contributed by atoms with van der Waals surface area (Å²) in [4.78, 5) is 8.16. The Balaban J connectivity index is 1.65. The van der Waals surface area contributed by atoms with E-state index >= 15 is 0 Å². The van der Waals surface area contributed by atoms with Crippen LogP contribution in [0.5, 0.6) is 0 Å². The molecule has 1 fully saturated rings. The van der Waals surface area contributed by atoms with Gasteiger partial charge in [0.05, 0.1) is 6.54 Å². The van der Waals surface area contributed by atoms with Gasteiger partial charge in [-0.3, -0.25) is 4.90 Å². The van der Waals surface area contributed by atoms with Crippen LogP contribution in [0.3, 0.4) is 0 Å². The SMILES string of the molecule is CSc1ccc(-c2noc(CN3CCC(C)CC3)n2)cc1. The number of rotatable bonds is 4. The van der Waals surface area contributed by atoms with Crippen LogP contribution in [0.1, 0.15) is 25.7 Å². The molecular weight excluding hydrogens is 282 g/mol. The van der Waals surface area contributed by atoms with Crippen LogP contribution in [0.2, 0.25) is 0 Å². The summed E-state index contributed by atoms with van der Waals surface area (Å²) in [5.74, 6) is 2.24. The molecule has 0 atom stereocenters. The maximum absolute atomic E-state index is 5.40. The van der Waals surface area contributed by atoms with Crippen molar-refractivity contribution in [1.82, 2.24) is 15.0 Å². The lowest BCUT2D eigenvalue weighted by Gasteiger charge is -2.28. The second kappa shape index (κ2) is 6.62. The van der Waals surface area contributed by atoms with Crippen LogP contribution in [0.4, 0.5) is 0 Å². The van der Waals surface area contributed by atoms with E-state index in [1.54, 1.807) is 11.8 Å². The van der Waals surface area contributed by atoms with Gasteiger partial charge in [0, 0.05) is 10.5 Å². The van der Waals surface area contributed by atoms with Crippen LogP contribution in [0.15, 0.2) is 33.7 Å². The van der Waals surface area contributed by atoms with Gasteiger partial charge in [-0.15, -0.1) is 11.8 Å². The van der Waals surface area contributed by atoms with Gasteiger partial charge in [0.1, 0.15) is 0 Å². The van der Waals surface area contributed by atoms with Crippen molar-refractivity contribution in [2.75, 3.05) is 19.3 Å². The van der Waals surface area contributed by atoms with Crippen LogP contribution >= 0.6 is 11.8 Å². The minimum absolute atomic E-state index is 0.683. The largest absolute Gasteiger partial charge is 0.338 e. The molecule has 0 N–H and O–H groups in total. The predicted octanol–water partition coefficient (Wildman–Crippen LogP) is 3.69. The zero-order chi connectivity index (χ0) is 14.7. The fraction of sp³-hybridized carbons (Fsp3) is 0.500. The first-order valence-electron chi connectivity index (χ1n) is 7.44. The lowest BCUT2D eigenvalue weighted by atomic mass is 9.99. The van der Waals surface area contributed by atoms with E-state index in [4.69, 9.17) is 4.52 Å². The van der Waals surface area contributed by atoms with E-state index in [0.717, 1.165) is 31.1 Å². The predicted molar refractivity (Wildman–Crippen MR) is 85.2 cm³/mol. The normalized spacial score (nSPS) is 17.2. The van der Waals surface area contributed by atoms with Crippen molar-refractivity contribution in [3.05, 3.63) is 30.2 Å². The smallest absolute Gasteiger partial charge is 0.241 e. The maximum Gasteiger partial charge on any atom is 0.241 e. The summed E-state index contributed by atoms with van der Waals surface area (Å²) in [5.41, 5.74) is 1.01. The molecule has 0 bridgehead atoms. The Labute approximate surface area is 129 Å². The van der Waals surface area contributed by atoms with E-state index in [2.05, 4.69) is 40.4 Å². The van der Waals surface area contributed by atoms with Crippen LogP contribution in [-0.4, -0.2) is 34.4 Å². The summed E-state index contributed by atoms with van der Waals surface area (Å²) in [6.07, 6.45) is 4.59. The first-order valence-corrected chi connectivity index (χ1v) is 8.66. The van der Waals surface area contributed by atoms with E-state index in [0.29, 0.717) is 11.7 Å². The minimum Gasteiger partial charge on any atom is -0.338 e. The van der Waals surface area contributed by atoms with Gasteiger partial charge in [-0.1, -0.05) is 12.1 Å². The molecule has 21 heavy (non-hydrogen) atoms. The molecule has 2 aromatic rings. The van der Waals surface area contributed by atoms with E-state index in [9.17, 15) is 0 Å². The fourth-order valence-corrected chi connectivity index (χ4v) is 3.00. The molecule has 1 aliphatic heterocycles. The molecular formula is C16H21N3OS. The van der Waals surface area contributed by atoms with Gasteiger partial charge in [0.25, 0.3) is 0 Å². The maximum atomic E-state index is 5.40. The third-order valence-electron chi connectivity index (χ3n) is 4.05. The molecule has 5 heteroatoms. The number of thioether (sulfide) groups is 1. The molecule has 0 saturated carbocycles. The summed E-state index contributed by atoms with van der Waals surface area (Å²) >= 11 is 1.73. The van der Waals surface area contributed by atoms with Crippen molar-refractivity contribution in [2.24, 2.45) is 5.92 Å². The highest BCUT2D eigenvalue weighted by Crippen LogP contribution is 2.22. The van der Waals surface area contributed by atoms with Crippen LogP contribution < -0.4 is 0 Å². The second-order valence-electron chi connectivity index (χ2n) is 5.70. The topological polar surface area (TPSA) is 42.2 Å². The first-order chi connectivity index (χ1) is 10.2. The summed E-state index contributed by atoms with van der Waals surface area (Å²) < 4.78 is 5.40. The molecule has 1 aliphatic rings. The third-order valence-corrected chi connectivity index (χ3v) is 4.79. The van der Waals surface area contributed by atoms with E-state index in [-0.39, 0.29) is 0 Å². The summed E-state index contributed by atoms with van der Waals surface area (Å²) in [6, 6.07) is 8.26. The molecule has 0 radical (unpaired) electrons. The molecule has 0 amide bonds. The zero-order valence-corrected chi connectivity index (χ0v) is 13.4. The lowest BCUT2D eigenvalue weighted by molar-refractivity contribution is 0.165. The van der Waals surface area contributed by atoms with Crippen molar-refractivity contribution in [3.8, 4) is 11.4 Å². The van der Waals surface area contributed by atoms with Crippen molar-refractivity contribution >= 4 is 11.8 Å². The molecule has 0 unspecified atom stereocenters. The zero-order valence-electron chi connectivity index (χ0n) is 12.6. The monoisotopic (exact) mass is 303 g/mol. The molecule has 112 valence electrons. The fourth-order valence-electron chi connectivity index (χ4n) is 2.59. The molecule has 0 spiro atoms. The third kappa shape index (κ3) is 3.66. The highest BCUT2D eigenvalue weighted by Gasteiger charge is 2.18. The molecule has 2 heterocycles. The van der Waals surface area contributed by atoms with Gasteiger partial charge >= 0.3 is 0 Å². The number of piperidine rings is 1. The Morgan fingerprint density at radius 1 is 1.24 bits per heavy atom.